The summed E-state index contributed by atoms with van der Waals surface area (Å²) in [5.41, 5.74) is 7.36. The lowest BCUT2D eigenvalue weighted by Gasteiger charge is -2.02. The van der Waals surface area contributed by atoms with Crippen molar-refractivity contribution in [2.75, 3.05) is 6.54 Å². The van der Waals surface area contributed by atoms with Crippen LogP contribution in [0.1, 0.15) is 30.5 Å². The molecule has 0 aliphatic carbocycles. The second kappa shape index (κ2) is 9.41. The van der Waals surface area contributed by atoms with E-state index in [1.54, 1.807) is 11.3 Å². The standard InChI is InChI=1S/C22H23FN6O2S/c1-14(2)21-26-20(27-31-21)17-5-3-4-16(8-17)19-7-6-18(32-19)12-28-13-25-29(22(28)30)11-15(9-23)10-24/h3-9,13-14H,10-12,24H2,1-2H3/b15-9+. The van der Waals surface area contributed by atoms with Gasteiger partial charge in [-0.15, -0.1) is 11.3 Å². The molecule has 10 heteroatoms. The summed E-state index contributed by atoms with van der Waals surface area (Å²) in [5, 5.41) is 8.14. The van der Waals surface area contributed by atoms with Gasteiger partial charge in [0, 0.05) is 27.8 Å². The van der Waals surface area contributed by atoms with Crippen LogP contribution < -0.4 is 11.4 Å². The van der Waals surface area contributed by atoms with Crippen molar-refractivity contribution in [3.8, 4) is 21.8 Å². The highest BCUT2D eigenvalue weighted by Gasteiger charge is 2.13. The van der Waals surface area contributed by atoms with E-state index < -0.39 is 0 Å². The minimum atomic E-state index is -0.312. The lowest BCUT2D eigenvalue weighted by atomic mass is 10.1. The second-order valence-electron chi connectivity index (χ2n) is 7.63. The Bertz CT molecular complexity index is 1300. The Morgan fingerprint density at radius 3 is 2.81 bits per heavy atom. The summed E-state index contributed by atoms with van der Waals surface area (Å²) in [6.45, 7) is 4.46. The number of aromatic nitrogens is 5. The third-order valence-corrected chi connectivity index (χ3v) is 6.01. The topological polar surface area (TPSA) is 105 Å². The summed E-state index contributed by atoms with van der Waals surface area (Å²) in [4.78, 5) is 19.0. The molecule has 0 amide bonds. The van der Waals surface area contributed by atoms with Crippen LogP contribution in [0, 0.1) is 0 Å². The van der Waals surface area contributed by atoms with E-state index in [-0.39, 0.29) is 24.7 Å². The average molecular weight is 455 g/mol. The molecule has 0 spiro atoms. The van der Waals surface area contributed by atoms with Crippen molar-refractivity contribution >= 4 is 11.3 Å². The summed E-state index contributed by atoms with van der Waals surface area (Å²) >= 11 is 1.58. The first kappa shape index (κ1) is 21.8. The van der Waals surface area contributed by atoms with Crippen molar-refractivity contribution in [2.24, 2.45) is 5.73 Å². The van der Waals surface area contributed by atoms with Crippen LogP contribution in [0.15, 0.2) is 63.9 Å². The first-order valence-corrected chi connectivity index (χ1v) is 10.9. The molecule has 0 aliphatic rings. The minimum absolute atomic E-state index is 0.0335. The maximum atomic E-state index is 12.8. The fraction of sp³-hybridized carbons (Fsp3) is 0.273. The molecule has 3 aromatic heterocycles. The van der Waals surface area contributed by atoms with Gasteiger partial charge in [0.05, 0.1) is 19.4 Å². The van der Waals surface area contributed by atoms with Crippen LogP contribution in [-0.2, 0) is 13.1 Å². The van der Waals surface area contributed by atoms with E-state index >= 15 is 0 Å². The molecule has 0 radical (unpaired) electrons. The molecule has 2 N–H and O–H groups in total. The summed E-state index contributed by atoms with van der Waals surface area (Å²) < 4.78 is 20.8. The van der Waals surface area contributed by atoms with E-state index in [0.717, 1.165) is 20.9 Å². The molecule has 0 fully saturated rings. The molecule has 166 valence electrons. The van der Waals surface area contributed by atoms with Gasteiger partial charge < -0.3 is 10.3 Å². The molecular formula is C22H23FN6O2S. The van der Waals surface area contributed by atoms with Crippen LogP contribution in [0.25, 0.3) is 21.8 Å². The Morgan fingerprint density at radius 1 is 1.28 bits per heavy atom. The predicted molar refractivity (Wildman–Crippen MR) is 121 cm³/mol. The number of nitrogens with zero attached hydrogens (tertiary/aromatic N) is 5. The maximum absolute atomic E-state index is 12.8. The molecule has 32 heavy (non-hydrogen) atoms. The number of thiophene rings is 1. The summed E-state index contributed by atoms with van der Waals surface area (Å²) in [6.07, 6.45) is 1.88. The summed E-state index contributed by atoms with van der Waals surface area (Å²) in [6, 6.07) is 11.9. The molecular weight excluding hydrogens is 431 g/mol. The van der Waals surface area contributed by atoms with Crippen molar-refractivity contribution in [3.63, 3.8) is 0 Å². The number of rotatable bonds is 8. The molecule has 0 aliphatic heterocycles. The Morgan fingerprint density at radius 2 is 2.09 bits per heavy atom. The normalized spacial score (nSPS) is 12.1. The van der Waals surface area contributed by atoms with E-state index in [1.807, 2.05) is 50.2 Å². The van der Waals surface area contributed by atoms with Crippen molar-refractivity contribution in [1.29, 1.82) is 0 Å². The SMILES string of the molecule is CC(C)c1nc(-c2cccc(-c3ccc(Cn4cnn(C/C(=C/F)CN)c4=O)s3)c2)no1. The first-order chi connectivity index (χ1) is 15.5. The van der Waals surface area contributed by atoms with Gasteiger partial charge in [0.1, 0.15) is 6.33 Å². The fourth-order valence-electron chi connectivity index (χ4n) is 3.11. The van der Waals surface area contributed by atoms with Gasteiger partial charge >= 0.3 is 5.69 Å². The minimum Gasteiger partial charge on any atom is -0.339 e. The van der Waals surface area contributed by atoms with Gasteiger partial charge in [0.25, 0.3) is 0 Å². The predicted octanol–water partition coefficient (Wildman–Crippen LogP) is 3.81. The average Bonchev–Trinajstić information content (AvgIpc) is 3.54. The van der Waals surface area contributed by atoms with Crippen LogP contribution in [-0.4, -0.2) is 31.0 Å². The monoisotopic (exact) mass is 454 g/mol. The number of halogens is 1. The van der Waals surface area contributed by atoms with Gasteiger partial charge in [-0.3, -0.25) is 4.57 Å². The molecule has 3 heterocycles. The summed E-state index contributed by atoms with van der Waals surface area (Å²) in [5.74, 6) is 1.34. The third kappa shape index (κ3) is 4.61. The zero-order valence-corrected chi connectivity index (χ0v) is 18.6. The highest BCUT2D eigenvalue weighted by atomic mass is 32.1. The summed E-state index contributed by atoms with van der Waals surface area (Å²) in [7, 11) is 0. The highest BCUT2D eigenvalue weighted by molar-refractivity contribution is 7.15. The third-order valence-electron chi connectivity index (χ3n) is 4.90. The Balaban J connectivity index is 1.52. The Labute approximate surface area is 187 Å². The smallest absolute Gasteiger partial charge is 0.339 e. The van der Waals surface area contributed by atoms with Crippen molar-refractivity contribution in [3.05, 3.63) is 75.9 Å². The molecule has 4 aromatic rings. The largest absolute Gasteiger partial charge is 0.346 e. The fourth-order valence-corrected chi connectivity index (χ4v) is 4.11. The first-order valence-electron chi connectivity index (χ1n) is 10.1. The molecule has 0 atom stereocenters. The highest BCUT2D eigenvalue weighted by Crippen LogP contribution is 2.31. The van der Waals surface area contributed by atoms with Crippen LogP contribution in [0.2, 0.25) is 0 Å². The maximum Gasteiger partial charge on any atom is 0.346 e. The van der Waals surface area contributed by atoms with E-state index in [4.69, 9.17) is 10.3 Å². The molecule has 0 saturated heterocycles. The number of benzene rings is 1. The van der Waals surface area contributed by atoms with Crippen LogP contribution >= 0.6 is 11.3 Å². The van der Waals surface area contributed by atoms with Gasteiger partial charge in [-0.25, -0.2) is 13.9 Å². The molecule has 0 saturated carbocycles. The molecule has 1 aromatic carbocycles. The zero-order valence-electron chi connectivity index (χ0n) is 17.7. The van der Waals surface area contributed by atoms with Crippen LogP contribution in [0.3, 0.4) is 0 Å². The van der Waals surface area contributed by atoms with Crippen molar-refractivity contribution < 1.29 is 8.91 Å². The number of hydrogen-bond acceptors (Lipinski definition) is 7. The van der Waals surface area contributed by atoms with Gasteiger partial charge in [0.2, 0.25) is 11.7 Å². The van der Waals surface area contributed by atoms with Gasteiger partial charge in [0.15, 0.2) is 0 Å². The quantitative estimate of drug-likeness (QED) is 0.434. The van der Waals surface area contributed by atoms with E-state index in [2.05, 4.69) is 15.2 Å². The number of hydrogen-bond donors (Lipinski definition) is 1. The van der Waals surface area contributed by atoms with Crippen molar-refractivity contribution in [1.82, 2.24) is 24.5 Å². The van der Waals surface area contributed by atoms with Crippen molar-refractivity contribution in [2.45, 2.75) is 32.9 Å². The lowest BCUT2D eigenvalue weighted by molar-refractivity contribution is 0.365. The lowest BCUT2D eigenvalue weighted by Crippen LogP contribution is -2.26. The van der Waals surface area contributed by atoms with Crippen LogP contribution in [0.4, 0.5) is 4.39 Å². The molecule has 8 nitrogen and oxygen atoms in total. The van der Waals surface area contributed by atoms with E-state index in [9.17, 15) is 9.18 Å². The number of nitrogens with two attached hydrogens (primary N) is 1. The Hall–Kier alpha value is -3.37. The van der Waals surface area contributed by atoms with Gasteiger partial charge in [-0.1, -0.05) is 37.2 Å². The molecule has 4 rings (SSSR count). The van der Waals surface area contributed by atoms with Gasteiger partial charge in [-0.05, 0) is 29.3 Å². The second-order valence-corrected chi connectivity index (χ2v) is 8.80. The van der Waals surface area contributed by atoms with E-state index in [1.165, 1.54) is 15.6 Å². The molecule has 0 unspecified atom stereocenters. The van der Waals surface area contributed by atoms with Gasteiger partial charge in [-0.2, -0.15) is 10.1 Å². The molecule has 0 bridgehead atoms. The van der Waals surface area contributed by atoms with Crippen LogP contribution in [0.5, 0.6) is 0 Å². The zero-order chi connectivity index (χ0) is 22.7. The Kier molecular flexibility index (Phi) is 6.42. The van der Waals surface area contributed by atoms with E-state index in [0.29, 0.717) is 30.2 Å².